The minimum atomic E-state index is -0.652. The summed E-state index contributed by atoms with van der Waals surface area (Å²) < 4.78 is 12.0. The lowest BCUT2D eigenvalue weighted by Crippen LogP contribution is -2.21. The molecule has 0 saturated heterocycles. The number of esters is 1. The average Bonchev–Trinajstić information content (AvgIpc) is 3.18. The van der Waals surface area contributed by atoms with E-state index in [4.69, 9.17) is 32.7 Å². The number of ether oxygens (including phenoxy) is 2. The zero-order valence-electron chi connectivity index (χ0n) is 16.2. The molecule has 0 radical (unpaired) electrons. The number of nitrogens with zero attached hydrogens (tertiary/aromatic N) is 3. The Morgan fingerprint density at radius 3 is 2.63 bits per heavy atom. The molecule has 1 aromatic carbocycles. The molecule has 2 aromatic heterocycles. The molecule has 0 spiro atoms. The van der Waals surface area contributed by atoms with Crippen molar-refractivity contribution >= 4 is 40.9 Å². The second-order valence-electron chi connectivity index (χ2n) is 6.07. The number of carbonyl (C=O) groups is 2. The average molecular weight is 449 g/mol. The van der Waals surface area contributed by atoms with Crippen molar-refractivity contribution in [3.05, 3.63) is 64.0 Å². The maximum absolute atomic E-state index is 12.3. The molecule has 0 fully saturated rings. The fourth-order valence-electron chi connectivity index (χ4n) is 2.47. The van der Waals surface area contributed by atoms with E-state index in [0.717, 1.165) is 5.69 Å². The molecule has 3 rings (SSSR count). The monoisotopic (exact) mass is 448 g/mol. The first-order chi connectivity index (χ1) is 14.4. The Morgan fingerprint density at radius 1 is 1.20 bits per heavy atom. The lowest BCUT2D eigenvalue weighted by atomic mass is 10.3. The zero-order valence-corrected chi connectivity index (χ0v) is 17.7. The van der Waals surface area contributed by atoms with E-state index in [1.807, 2.05) is 30.3 Å². The van der Waals surface area contributed by atoms with E-state index in [1.165, 1.54) is 17.1 Å². The summed E-state index contributed by atoms with van der Waals surface area (Å²) in [7, 11) is 0. The highest BCUT2D eigenvalue weighted by atomic mass is 35.5. The molecule has 1 N–H and O–H groups in total. The van der Waals surface area contributed by atoms with Crippen LogP contribution in [0.5, 0.6) is 5.75 Å². The maximum atomic E-state index is 12.3. The molecule has 30 heavy (non-hydrogen) atoms. The van der Waals surface area contributed by atoms with Crippen molar-refractivity contribution in [2.24, 2.45) is 0 Å². The highest BCUT2D eigenvalue weighted by Gasteiger charge is 2.21. The van der Waals surface area contributed by atoms with E-state index < -0.39 is 18.5 Å². The molecule has 0 saturated carbocycles. The minimum absolute atomic E-state index is 0.0352. The van der Waals surface area contributed by atoms with Crippen molar-refractivity contribution in [2.75, 3.05) is 18.5 Å². The Hall–Kier alpha value is -3.10. The summed E-state index contributed by atoms with van der Waals surface area (Å²) in [5.74, 6) is -0.898. The number of rotatable bonds is 7. The molecular weight excluding hydrogens is 431 g/mol. The van der Waals surface area contributed by atoms with Gasteiger partial charge >= 0.3 is 5.97 Å². The number of pyridine rings is 1. The Labute approximate surface area is 182 Å². The fourth-order valence-corrected chi connectivity index (χ4v) is 2.86. The van der Waals surface area contributed by atoms with Crippen LogP contribution in [0.3, 0.4) is 0 Å². The molecule has 0 unspecified atom stereocenters. The van der Waals surface area contributed by atoms with Crippen molar-refractivity contribution < 1.29 is 19.1 Å². The standard InChI is InChI=1S/C20H18Cl2N4O4/c1-3-29-20(28)18-15(10-26(25-18)13-7-5-4-6-8-13)30-11-16(27)24-19-17(22)12(2)14(21)9-23-19/h4-10H,3,11H2,1-2H3,(H,23,24,27). The van der Waals surface area contributed by atoms with Crippen molar-refractivity contribution in [2.45, 2.75) is 13.8 Å². The number of amides is 1. The van der Waals surface area contributed by atoms with Gasteiger partial charge in [-0.3, -0.25) is 4.79 Å². The van der Waals surface area contributed by atoms with E-state index in [-0.39, 0.29) is 28.9 Å². The van der Waals surface area contributed by atoms with Gasteiger partial charge in [0.1, 0.15) is 0 Å². The first-order valence-electron chi connectivity index (χ1n) is 8.96. The van der Waals surface area contributed by atoms with Crippen LogP contribution < -0.4 is 10.1 Å². The van der Waals surface area contributed by atoms with Gasteiger partial charge in [-0.2, -0.15) is 5.10 Å². The summed E-state index contributed by atoms with van der Waals surface area (Å²) in [5, 5.41) is 7.41. The van der Waals surface area contributed by atoms with Gasteiger partial charge in [-0.25, -0.2) is 14.5 Å². The Morgan fingerprint density at radius 2 is 1.93 bits per heavy atom. The number of anilines is 1. The maximum Gasteiger partial charge on any atom is 0.362 e. The molecular formula is C20H18Cl2N4O4. The SMILES string of the molecule is CCOC(=O)c1nn(-c2ccccc2)cc1OCC(=O)Nc1ncc(Cl)c(C)c1Cl. The van der Waals surface area contributed by atoms with Gasteiger partial charge in [0, 0.05) is 6.20 Å². The zero-order chi connectivity index (χ0) is 21.7. The van der Waals surface area contributed by atoms with Gasteiger partial charge in [0.05, 0.1) is 28.5 Å². The van der Waals surface area contributed by atoms with Crippen LogP contribution >= 0.6 is 23.2 Å². The van der Waals surface area contributed by atoms with E-state index in [1.54, 1.807) is 13.8 Å². The third kappa shape index (κ3) is 4.90. The lowest BCUT2D eigenvalue weighted by Gasteiger charge is -2.09. The van der Waals surface area contributed by atoms with Crippen LogP contribution in [-0.2, 0) is 9.53 Å². The van der Waals surface area contributed by atoms with Crippen molar-refractivity contribution in [3.63, 3.8) is 0 Å². The molecule has 156 valence electrons. The van der Waals surface area contributed by atoms with Crippen molar-refractivity contribution in [1.29, 1.82) is 0 Å². The molecule has 0 atom stereocenters. The van der Waals surface area contributed by atoms with E-state index >= 15 is 0 Å². The number of para-hydroxylation sites is 1. The van der Waals surface area contributed by atoms with Crippen LogP contribution in [0.4, 0.5) is 5.82 Å². The fraction of sp³-hybridized carbons (Fsp3) is 0.200. The van der Waals surface area contributed by atoms with Gasteiger partial charge in [0.2, 0.25) is 5.69 Å². The van der Waals surface area contributed by atoms with Gasteiger partial charge < -0.3 is 14.8 Å². The normalized spacial score (nSPS) is 10.5. The highest BCUT2D eigenvalue weighted by molar-refractivity contribution is 6.37. The molecule has 1 amide bonds. The number of aromatic nitrogens is 3. The van der Waals surface area contributed by atoms with Crippen LogP contribution in [0.25, 0.3) is 5.69 Å². The van der Waals surface area contributed by atoms with Gasteiger partial charge in [-0.1, -0.05) is 41.4 Å². The highest BCUT2D eigenvalue weighted by Crippen LogP contribution is 2.28. The Kier molecular flexibility index (Phi) is 6.91. The number of halogens is 2. The van der Waals surface area contributed by atoms with Crippen LogP contribution in [-0.4, -0.2) is 39.9 Å². The largest absolute Gasteiger partial charge is 0.480 e. The second kappa shape index (κ2) is 9.60. The van der Waals surface area contributed by atoms with Crippen LogP contribution in [0.1, 0.15) is 23.0 Å². The van der Waals surface area contributed by atoms with Crippen LogP contribution in [0.2, 0.25) is 10.0 Å². The molecule has 2 heterocycles. The van der Waals surface area contributed by atoms with Crippen LogP contribution in [0.15, 0.2) is 42.7 Å². The van der Waals surface area contributed by atoms with Gasteiger partial charge in [0.15, 0.2) is 18.2 Å². The van der Waals surface area contributed by atoms with Gasteiger partial charge in [0.25, 0.3) is 5.91 Å². The smallest absolute Gasteiger partial charge is 0.362 e. The Bertz CT molecular complexity index is 1070. The summed E-state index contributed by atoms with van der Waals surface area (Å²) in [6, 6.07) is 9.16. The molecule has 10 heteroatoms. The number of hydrogen-bond acceptors (Lipinski definition) is 6. The van der Waals surface area contributed by atoms with E-state index in [9.17, 15) is 9.59 Å². The topological polar surface area (TPSA) is 95.3 Å². The Balaban J connectivity index is 1.76. The predicted octanol–water partition coefficient (Wildman–Crippen LogP) is 4.08. The van der Waals surface area contributed by atoms with Crippen molar-refractivity contribution in [1.82, 2.24) is 14.8 Å². The minimum Gasteiger partial charge on any atom is -0.480 e. The first-order valence-corrected chi connectivity index (χ1v) is 9.71. The molecule has 0 aliphatic rings. The van der Waals surface area contributed by atoms with E-state index in [0.29, 0.717) is 10.6 Å². The molecule has 0 aliphatic heterocycles. The lowest BCUT2D eigenvalue weighted by molar-refractivity contribution is -0.118. The van der Waals surface area contributed by atoms with E-state index in [2.05, 4.69) is 15.4 Å². The third-order valence-electron chi connectivity index (χ3n) is 3.99. The first kappa shape index (κ1) is 21.6. The number of benzene rings is 1. The quantitative estimate of drug-likeness (QED) is 0.547. The number of nitrogens with one attached hydrogen (secondary N) is 1. The third-order valence-corrected chi connectivity index (χ3v) is 4.83. The summed E-state index contributed by atoms with van der Waals surface area (Å²) in [6.07, 6.45) is 2.90. The van der Waals surface area contributed by atoms with Gasteiger partial charge in [-0.05, 0) is 31.5 Å². The van der Waals surface area contributed by atoms with Gasteiger partial charge in [-0.15, -0.1) is 0 Å². The molecule has 0 aliphatic carbocycles. The molecule has 0 bridgehead atoms. The summed E-state index contributed by atoms with van der Waals surface area (Å²) in [4.78, 5) is 28.6. The van der Waals surface area contributed by atoms with Crippen LogP contribution in [0, 0.1) is 6.92 Å². The molecule has 3 aromatic rings. The number of hydrogen-bond donors (Lipinski definition) is 1. The summed E-state index contributed by atoms with van der Waals surface area (Å²) in [6.45, 7) is 3.18. The molecule has 8 nitrogen and oxygen atoms in total. The second-order valence-corrected chi connectivity index (χ2v) is 6.86. The number of carbonyl (C=O) groups excluding carboxylic acids is 2. The predicted molar refractivity (Wildman–Crippen MR) is 113 cm³/mol. The summed E-state index contributed by atoms with van der Waals surface area (Å²) in [5.41, 5.74) is 1.28. The summed E-state index contributed by atoms with van der Waals surface area (Å²) >= 11 is 12.1. The van der Waals surface area contributed by atoms with Crippen molar-refractivity contribution in [3.8, 4) is 11.4 Å².